The van der Waals surface area contributed by atoms with Crippen LogP contribution in [0.5, 0.6) is 0 Å². The van der Waals surface area contributed by atoms with Crippen LogP contribution >= 0.6 is 0 Å². The highest BCUT2D eigenvalue weighted by molar-refractivity contribution is 6.03. The van der Waals surface area contributed by atoms with Gasteiger partial charge in [-0.3, -0.25) is 4.79 Å². The van der Waals surface area contributed by atoms with E-state index in [2.05, 4.69) is 27.6 Å². The summed E-state index contributed by atoms with van der Waals surface area (Å²) in [7, 11) is 1.95. The molecule has 1 aromatic heterocycles. The monoisotopic (exact) mass is 346 g/mol. The quantitative estimate of drug-likeness (QED) is 0.759. The van der Waals surface area contributed by atoms with E-state index < -0.39 is 0 Å². The Kier molecular flexibility index (Phi) is 5.27. The van der Waals surface area contributed by atoms with Crippen molar-refractivity contribution in [3.8, 4) is 0 Å². The Morgan fingerprint density at radius 2 is 1.62 bits per heavy atom. The van der Waals surface area contributed by atoms with Gasteiger partial charge in [-0.05, 0) is 42.7 Å². The molecule has 5 nitrogen and oxygen atoms in total. The number of carbonyl (C=O) groups excluding carboxylic acids is 1. The van der Waals surface area contributed by atoms with Gasteiger partial charge in [0.2, 0.25) is 0 Å². The van der Waals surface area contributed by atoms with Crippen molar-refractivity contribution in [2.45, 2.75) is 20.4 Å². The number of nitrogens with zero attached hydrogens (tertiary/aromatic N) is 3. The molecule has 0 saturated heterocycles. The van der Waals surface area contributed by atoms with Gasteiger partial charge >= 0.3 is 0 Å². The molecule has 5 heteroatoms. The van der Waals surface area contributed by atoms with E-state index in [0.717, 1.165) is 29.2 Å². The van der Waals surface area contributed by atoms with Gasteiger partial charge in [0.05, 0.1) is 0 Å². The van der Waals surface area contributed by atoms with E-state index in [0.29, 0.717) is 5.69 Å². The molecule has 0 radical (unpaired) electrons. The number of aromatic nitrogens is 2. The van der Waals surface area contributed by atoms with Crippen LogP contribution in [0.3, 0.4) is 0 Å². The van der Waals surface area contributed by atoms with E-state index in [9.17, 15) is 4.79 Å². The SMILES string of the molecule is Cc1cccc(C)c1NC(=O)c1ccc(N(C)Cc2ccccc2)nn1. The topological polar surface area (TPSA) is 58.1 Å². The molecule has 132 valence electrons. The summed E-state index contributed by atoms with van der Waals surface area (Å²) in [5.74, 6) is 0.463. The smallest absolute Gasteiger partial charge is 0.276 e. The molecule has 3 aromatic rings. The van der Waals surface area contributed by atoms with E-state index in [4.69, 9.17) is 0 Å². The van der Waals surface area contributed by atoms with Crippen LogP contribution < -0.4 is 10.2 Å². The summed E-state index contributed by atoms with van der Waals surface area (Å²) in [5, 5.41) is 11.2. The summed E-state index contributed by atoms with van der Waals surface area (Å²) in [4.78, 5) is 14.5. The highest BCUT2D eigenvalue weighted by Gasteiger charge is 2.12. The van der Waals surface area contributed by atoms with Crippen LogP contribution in [0.15, 0.2) is 60.7 Å². The number of aryl methyl sites for hydroxylation is 2. The molecule has 0 unspecified atom stereocenters. The number of rotatable bonds is 5. The summed E-state index contributed by atoms with van der Waals surface area (Å²) in [6.45, 7) is 4.66. The molecule has 3 rings (SSSR count). The van der Waals surface area contributed by atoms with Crippen LogP contribution in [0.25, 0.3) is 0 Å². The van der Waals surface area contributed by atoms with Crippen molar-refractivity contribution in [1.82, 2.24) is 10.2 Å². The summed E-state index contributed by atoms with van der Waals surface area (Å²) in [5.41, 5.74) is 4.35. The lowest BCUT2D eigenvalue weighted by atomic mass is 10.1. The zero-order chi connectivity index (χ0) is 18.5. The van der Waals surface area contributed by atoms with E-state index in [1.54, 1.807) is 6.07 Å². The average molecular weight is 346 g/mol. The Morgan fingerprint density at radius 1 is 0.923 bits per heavy atom. The Bertz CT molecular complexity index is 871. The fourth-order valence-electron chi connectivity index (χ4n) is 2.78. The molecule has 0 aliphatic heterocycles. The minimum absolute atomic E-state index is 0.257. The number of amides is 1. The van der Waals surface area contributed by atoms with Crippen LogP contribution in [0.1, 0.15) is 27.2 Å². The lowest BCUT2D eigenvalue weighted by Gasteiger charge is -2.17. The van der Waals surface area contributed by atoms with Crippen molar-refractivity contribution < 1.29 is 4.79 Å². The summed E-state index contributed by atoms with van der Waals surface area (Å²) in [6.07, 6.45) is 0. The third-order valence-corrected chi connectivity index (χ3v) is 4.26. The van der Waals surface area contributed by atoms with E-state index >= 15 is 0 Å². The first-order chi connectivity index (χ1) is 12.5. The molecular formula is C21H22N4O. The molecule has 0 bridgehead atoms. The zero-order valence-corrected chi connectivity index (χ0v) is 15.2. The zero-order valence-electron chi connectivity index (χ0n) is 15.2. The highest BCUT2D eigenvalue weighted by Crippen LogP contribution is 2.20. The number of benzene rings is 2. The summed E-state index contributed by atoms with van der Waals surface area (Å²) < 4.78 is 0. The Hall–Kier alpha value is -3.21. The Labute approximate surface area is 153 Å². The number of para-hydroxylation sites is 1. The molecule has 2 aromatic carbocycles. The third kappa shape index (κ3) is 4.06. The first kappa shape index (κ1) is 17.6. The molecule has 0 atom stereocenters. The number of anilines is 2. The highest BCUT2D eigenvalue weighted by atomic mass is 16.1. The standard InChI is InChI=1S/C21H22N4O/c1-15-8-7-9-16(2)20(15)22-21(26)18-12-13-19(24-23-18)25(3)14-17-10-5-4-6-11-17/h4-13H,14H2,1-3H3,(H,22,26). The number of hydrogen-bond acceptors (Lipinski definition) is 4. The summed E-state index contributed by atoms with van der Waals surface area (Å²) in [6, 6.07) is 19.6. The van der Waals surface area contributed by atoms with Crippen LogP contribution in [0, 0.1) is 13.8 Å². The van der Waals surface area contributed by atoms with Gasteiger partial charge in [0.25, 0.3) is 5.91 Å². The maximum atomic E-state index is 12.5. The predicted molar refractivity (Wildman–Crippen MR) is 104 cm³/mol. The second kappa shape index (κ2) is 7.78. The van der Waals surface area contributed by atoms with Gasteiger partial charge in [0.15, 0.2) is 11.5 Å². The fraction of sp³-hybridized carbons (Fsp3) is 0.190. The van der Waals surface area contributed by atoms with Crippen LogP contribution in [0.2, 0.25) is 0 Å². The largest absolute Gasteiger partial charge is 0.354 e. The number of nitrogens with one attached hydrogen (secondary N) is 1. The molecule has 1 amide bonds. The third-order valence-electron chi connectivity index (χ3n) is 4.26. The number of carbonyl (C=O) groups is 1. The molecule has 26 heavy (non-hydrogen) atoms. The van der Waals surface area contributed by atoms with Gasteiger partial charge in [-0.1, -0.05) is 48.5 Å². The molecule has 0 aliphatic carbocycles. The van der Waals surface area contributed by atoms with Gasteiger partial charge in [-0.25, -0.2) is 0 Å². The molecule has 1 N–H and O–H groups in total. The first-order valence-corrected chi connectivity index (χ1v) is 8.51. The maximum absolute atomic E-state index is 12.5. The maximum Gasteiger partial charge on any atom is 0.276 e. The number of hydrogen-bond donors (Lipinski definition) is 1. The second-order valence-electron chi connectivity index (χ2n) is 6.34. The van der Waals surface area contributed by atoms with Gasteiger partial charge in [0, 0.05) is 19.3 Å². The lowest BCUT2D eigenvalue weighted by Crippen LogP contribution is -2.20. The van der Waals surface area contributed by atoms with Crippen LogP contribution in [0.4, 0.5) is 11.5 Å². The first-order valence-electron chi connectivity index (χ1n) is 8.51. The van der Waals surface area contributed by atoms with Crippen LogP contribution in [-0.4, -0.2) is 23.2 Å². The lowest BCUT2D eigenvalue weighted by molar-refractivity contribution is 0.102. The van der Waals surface area contributed by atoms with Crippen molar-refractivity contribution in [2.24, 2.45) is 0 Å². The van der Waals surface area contributed by atoms with Gasteiger partial charge in [-0.2, -0.15) is 0 Å². The van der Waals surface area contributed by atoms with Crippen molar-refractivity contribution in [3.05, 3.63) is 83.0 Å². The molecule has 0 aliphatic rings. The fourth-order valence-corrected chi connectivity index (χ4v) is 2.78. The minimum atomic E-state index is -0.257. The molecule has 0 fully saturated rings. The minimum Gasteiger partial charge on any atom is -0.354 e. The van der Waals surface area contributed by atoms with Crippen LogP contribution in [-0.2, 0) is 6.54 Å². The Morgan fingerprint density at radius 3 is 2.23 bits per heavy atom. The molecule has 1 heterocycles. The van der Waals surface area contributed by atoms with Gasteiger partial charge < -0.3 is 10.2 Å². The van der Waals surface area contributed by atoms with E-state index in [1.165, 1.54) is 5.56 Å². The average Bonchev–Trinajstić information content (AvgIpc) is 2.65. The second-order valence-corrected chi connectivity index (χ2v) is 6.34. The van der Waals surface area contributed by atoms with Gasteiger partial charge in [0.1, 0.15) is 0 Å². The van der Waals surface area contributed by atoms with Crippen molar-refractivity contribution in [2.75, 3.05) is 17.3 Å². The predicted octanol–water partition coefficient (Wildman–Crippen LogP) is 3.98. The molecular weight excluding hydrogens is 324 g/mol. The molecule has 0 saturated carbocycles. The van der Waals surface area contributed by atoms with Crippen molar-refractivity contribution in [3.63, 3.8) is 0 Å². The summed E-state index contributed by atoms with van der Waals surface area (Å²) >= 11 is 0. The van der Waals surface area contributed by atoms with E-state index in [-0.39, 0.29) is 5.91 Å². The normalized spacial score (nSPS) is 10.4. The van der Waals surface area contributed by atoms with E-state index in [1.807, 2.05) is 68.3 Å². The Balaban J connectivity index is 1.70. The van der Waals surface area contributed by atoms with Gasteiger partial charge in [-0.15, -0.1) is 10.2 Å². The van der Waals surface area contributed by atoms with Crippen molar-refractivity contribution in [1.29, 1.82) is 0 Å². The molecule has 0 spiro atoms. The van der Waals surface area contributed by atoms with Crippen molar-refractivity contribution >= 4 is 17.4 Å².